The maximum absolute atomic E-state index is 10.8. The fraction of sp³-hybridized carbons (Fsp3) is 0.500. The van der Waals surface area contributed by atoms with Crippen LogP contribution in [0.1, 0.15) is 27.7 Å². The van der Waals surface area contributed by atoms with Gasteiger partial charge in [0.1, 0.15) is 17.0 Å². The second-order valence-electron chi connectivity index (χ2n) is 5.50. The second-order valence-corrected chi connectivity index (χ2v) is 5.50. The molecule has 0 heterocycles. The molecule has 0 fully saturated rings. The lowest BCUT2D eigenvalue weighted by atomic mass is 9.89. The first-order valence-electron chi connectivity index (χ1n) is 6.27. The van der Waals surface area contributed by atoms with Gasteiger partial charge in [0, 0.05) is 0 Å². The minimum Gasteiger partial charge on any atom is -0.485 e. The van der Waals surface area contributed by atoms with Gasteiger partial charge in [0.2, 0.25) is 0 Å². The Morgan fingerprint density at radius 1 is 1.23 bits per heavy atom. The molecule has 0 saturated heterocycles. The molecule has 0 aliphatic carbocycles. The Bertz CT molecular complexity index is 512. The van der Waals surface area contributed by atoms with Gasteiger partial charge in [-0.25, -0.2) is 0 Å². The maximum atomic E-state index is 10.8. The summed E-state index contributed by atoms with van der Waals surface area (Å²) >= 11 is 0. The van der Waals surface area contributed by atoms with Crippen LogP contribution in [0, 0.1) is 10.1 Å². The monoisotopic (exact) mass is 316 g/mol. The number of aliphatic hydroxyl groups is 1. The molecule has 22 heavy (non-hydrogen) atoms. The lowest BCUT2D eigenvalue weighted by molar-refractivity contribution is -0.384. The van der Waals surface area contributed by atoms with Gasteiger partial charge in [-0.1, -0.05) is 0 Å². The van der Waals surface area contributed by atoms with E-state index in [0.29, 0.717) is 5.75 Å². The Balaban J connectivity index is 0.000000980. The van der Waals surface area contributed by atoms with E-state index in [1.54, 1.807) is 27.7 Å². The van der Waals surface area contributed by atoms with E-state index < -0.39 is 23.4 Å². The molecule has 124 valence electrons. The average molecular weight is 316 g/mol. The van der Waals surface area contributed by atoms with Crippen molar-refractivity contribution in [3.63, 3.8) is 0 Å². The van der Waals surface area contributed by atoms with Crippen LogP contribution in [-0.2, 0) is 0 Å². The average Bonchev–Trinajstić information content (AvgIpc) is 2.28. The first-order valence-corrected chi connectivity index (χ1v) is 6.27. The van der Waals surface area contributed by atoms with E-state index in [1.165, 1.54) is 18.2 Å². The van der Waals surface area contributed by atoms with Gasteiger partial charge in [0.15, 0.2) is 0 Å². The number of ether oxygens (including phenoxy) is 1. The highest BCUT2D eigenvalue weighted by atomic mass is 16.6. The Morgan fingerprint density at radius 3 is 2.05 bits per heavy atom. The highest BCUT2D eigenvalue weighted by Crippen LogP contribution is 2.32. The van der Waals surface area contributed by atoms with Crippen LogP contribution in [0.4, 0.5) is 11.4 Å². The Kier molecular flexibility index (Phi) is 6.78. The molecule has 0 aliphatic heterocycles. The van der Waals surface area contributed by atoms with E-state index in [9.17, 15) is 15.2 Å². The number of hydrogen-bond donors (Lipinski definition) is 5. The number of nitrogens with zero attached hydrogens (tertiary/aromatic N) is 1. The predicted octanol–water partition coefficient (Wildman–Crippen LogP) is 0.0535. The third kappa shape index (κ3) is 6.27. The molecule has 9 nitrogen and oxygen atoms in total. The van der Waals surface area contributed by atoms with Crippen molar-refractivity contribution in [3.05, 3.63) is 28.3 Å². The summed E-state index contributed by atoms with van der Waals surface area (Å²) in [6, 6.07) is 4.20. The Labute approximate surface area is 128 Å². The van der Waals surface area contributed by atoms with Crippen molar-refractivity contribution in [2.24, 2.45) is 0 Å². The Morgan fingerprint density at radius 2 is 1.68 bits per heavy atom. The SMILES string of the molecule is CC(C)(O)C(C)(C)Oc1ccc(N)c([N+](=O)[O-])c1.OB(O)O. The number of nitrogens with two attached hydrogens (primary N) is 1. The molecule has 1 rings (SSSR count). The molecule has 1 aromatic rings. The van der Waals surface area contributed by atoms with E-state index in [2.05, 4.69) is 0 Å². The van der Waals surface area contributed by atoms with E-state index in [4.69, 9.17) is 25.5 Å². The van der Waals surface area contributed by atoms with Crippen molar-refractivity contribution in [1.82, 2.24) is 0 Å². The topological polar surface area (TPSA) is 159 Å². The van der Waals surface area contributed by atoms with Gasteiger partial charge >= 0.3 is 7.32 Å². The second kappa shape index (κ2) is 7.41. The first kappa shape index (κ1) is 20.1. The van der Waals surface area contributed by atoms with Crippen LogP contribution < -0.4 is 10.5 Å². The van der Waals surface area contributed by atoms with Gasteiger partial charge < -0.3 is 30.6 Å². The normalized spacial score (nSPS) is 11.3. The molecule has 0 amide bonds. The van der Waals surface area contributed by atoms with Crippen LogP contribution in [-0.4, -0.2) is 43.6 Å². The molecular formula is C12H21BN2O7. The van der Waals surface area contributed by atoms with Gasteiger partial charge in [-0.05, 0) is 39.8 Å². The summed E-state index contributed by atoms with van der Waals surface area (Å²) in [7, 11) is -2.17. The van der Waals surface area contributed by atoms with Gasteiger partial charge in [-0.3, -0.25) is 10.1 Å². The summed E-state index contributed by atoms with van der Waals surface area (Å²) in [5.41, 5.74) is 3.38. The zero-order valence-electron chi connectivity index (χ0n) is 12.8. The molecule has 0 spiro atoms. The number of anilines is 1. The number of nitrogen functional groups attached to an aromatic ring is 1. The van der Waals surface area contributed by atoms with Gasteiger partial charge in [-0.2, -0.15) is 0 Å². The minimum atomic E-state index is -2.17. The smallest absolute Gasteiger partial charge is 0.485 e. The lowest BCUT2D eigenvalue weighted by Gasteiger charge is -2.37. The van der Waals surface area contributed by atoms with E-state index >= 15 is 0 Å². The summed E-state index contributed by atoms with van der Waals surface area (Å²) in [5.74, 6) is 0.294. The van der Waals surface area contributed by atoms with Gasteiger partial charge in [-0.15, -0.1) is 0 Å². The molecule has 0 radical (unpaired) electrons. The third-order valence-electron chi connectivity index (χ3n) is 3.04. The molecular weight excluding hydrogens is 295 g/mol. The zero-order chi connectivity index (χ0) is 17.7. The van der Waals surface area contributed by atoms with Crippen LogP contribution >= 0.6 is 0 Å². The fourth-order valence-electron chi connectivity index (χ4n) is 1.16. The third-order valence-corrected chi connectivity index (χ3v) is 3.04. The Hall–Kier alpha value is -1.88. The number of benzene rings is 1. The molecule has 0 bridgehead atoms. The van der Waals surface area contributed by atoms with Crippen molar-refractivity contribution >= 4 is 18.7 Å². The number of hydrogen-bond acceptors (Lipinski definition) is 8. The molecule has 0 unspecified atom stereocenters. The summed E-state index contributed by atoms with van der Waals surface area (Å²) in [6.45, 7) is 6.63. The number of nitro benzene ring substituents is 1. The molecule has 10 heteroatoms. The number of nitro groups is 1. The van der Waals surface area contributed by atoms with E-state index in [1.807, 2.05) is 0 Å². The van der Waals surface area contributed by atoms with E-state index in [0.717, 1.165) is 0 Å². The van der Waals surface area contributed by atoms with Crippen molar-refractivity contribution in [2.75, 3.05) is 5.73 Å². The quantitative estimate of drug-likeness (QED) is 0.225. The molecule has 1 aromatic carbocycles. The van der Waals surface area contributed by atoms with Crippen LogP contribution in [0.5, 0.6) is 5.75 Å². The van der Waals surface area contributed by atoms with Gasteiger partial charge in [0.05, 0.1) is 16.6 Å². The van der Waals surface area contributed by atoms with Crippen molar-refractivity contribution in [2.45, 2.75) is 38.9 Å². The first-order chi connectivity index (χ1) is 9.78. The van der Waals surface area contributed by atoms with Crippen LogP contribution in [0.15, 0.2) is 18.2 Å². The summed E-state index contributed by atoms with van der Waals surface area (Å²) < 4.78 is 5.60. The zero-order valence-corrected chi connectivity index (χ0v) is 12.8. The minimum absolute atomic E-state index is 0.0772. The van der Waals surface area contributed by atoms with E-state index in [-0.39, 0.29) is 11.4 Å². The molecule has 0 atom stereocenters. The van der Waals surface area contributed by atoms with Crippen LogP contribution in [0.2, 0.25) is 0 Å². The predicted molar refractivity (Wildman–Crippen MR) is 80.9 cm³/mol. The maximum Gasteiger partial charge on any atom is 0.631 e. The summed E-state index contributed by atoms with van der Waals surface area (Å²) in [5, 5.41) is 42.2. The highest BCUT2D eigenvalue weighted by molar-refractivity contribution is 6.30. The van der Waals surface area contributed by atoms with Crippen molar-refractivity contribution in [3.8, 4) is 5.75 Å². The van der Waals surface area contributed by atoms with Crippen LogP contribution in [0.25, 0.3) is 0 Å². The summed E-state index contributed by atoms with van der Waals surface area (Å²) in [6.07, 6.45) is 0. The van der Waals surface area contributed by atoms with Crippen molar-refractivity contribution in [1.29, 1.82) is 0 Å². The lowest BCUT2D eigenvalue weighted by Crippen LogP contribution is -2.49. The fourth-order valence-corrected chi connectivity index (χ4v) is 1.16. The number of rotatable bonds is 4. The van der Waals surface area contributed by atoms with Crippen LogP contribution in [0.3, 0.4) is 0 Å². The van der Waals surface area contributed by atoms with Gasteiger partial charge in [0.25, 0.3) is 5.69 Å². The largest absolute Gasteiger partial charge is 0.631 e. The molecule has 6 N–H and O–H groups in total. The molecule has 0 aliphatic rings. The highest BCUT2D eigenvalue weighted by Gasteiger charge is 2.37. The molecule has 0 aromatic heterocycles. The standard InChI is InChI=1S/C12H18N2O4.BH3O3/c1-11(2,15)12(3,4)18-8-5-6-9(13)10(7-8)14(16)17;2-1(3)4/h5-7,15H,13H2,1-4H3;2-4H. The summed E-state index contributed by atoms with van der Waals surface area (Å²) in [4.78, 5) is 10.2. The van der Waals surface area contributed by atoms with Crippen molar-refractivity contribution < 1.29 is 29.8 Å². The molecule has 0 saturated carbocycles.